The maximum Gasteiger partial charge on any atom is 0.299 e. The molecule has 0 unspecified atom stereocenters. The Morgan fingerprint density at radius 1 is 1.19 bits per heavy atom. The topological polar surface area (TPSA) is 118 Å². The van der Waals surface area contributed by atoms with Crippen LogP contribution >= 0.6 is 11.3 Å². The average Bonchev–Trinajstić information content (AvgIpc) is 3.26. The Hall–Kier alpha value is -3.22. The second kappa shape index (κ2) is 9.26. The van der Waals surface area contributed by atoms with Gasteiger partial charge in [0.15, 0.2) is 5.01 Å². The summed E-state index contributed by atoms with van der Waals surface area (Å²) < 4.78 is 56.7. The van der Waals surface area contributed by atoms with Crippen LogP contribution in [0, 0.1) is 12.5 Å². The van der Waals surface area contributed by atoms with Crippen molar-refractivity contribution < 1.29 is 22.0 Å². The molecule has 2 aromatic heterocycles. The van der Waals surface area contributed by atoms with Gasteiger partial charge < -0.3 is 9.80 Å². The molecule has 0 radical (unpaired) electrons. The molecule has 2 fully saturated rings. The summed E-state index contributed by atoms with van der Waals surface area (Å²) in [6.07, 6.45) is -0.409. The van der Waals surface area contributed by atoms with Crippen molar-refractivity contribution in [3.8, 4) is 5.13 Å². The van der Waals surface area contributed by atoms with Gasteiger partial charge >= 0.3 is 0 Å². The van der Waals surface area contributed by atoms with E-state index in [1.165, 1.54) is 23.0 Å². The molecule has 1 aliphatic heterocycles. The van der Waals surface area contributed by atoms with Crippen molar-refractivity contribution in [3.05, 3.63) is 34.8 Å². The smallest absolute Gasteiger partial charge is 0.299 e. The lowest BCUT2D eigenvalue weighted by Gasteiger charge is -2.37. The Labute approximate surface area is 215 Å². The number of sulfonamides is 1. The maximum absolute atomic E-state index is 13.3. The standard InChI is InChI=1S/C22H24F2N8O3S2/c1-13(2)20(33)31-8-6-30(7-9-31)16-10-14(37(34,35)29-22(25-3)4-5-22)11-17-15(16)12-26-32(17)21-28-27-19(36-21)18(23)24/h10-13,18,29H,4-9H2,1-2H3. The van der Waals surface area contributed by atoms with Crippen molar-refractivity contribution in [3.63, 3.8) is 0 Å². The lowest BCUT2D eigenvalue weighted by Crippen LogP contribution is -2.50. The van der Waals surface area contributed by atoms with E-state index in [0.29, 0.717) is 66.9 Å². The second-order valence-electron chi connectivity index (χ2n) is 9.37. The van der Waals surface area contributed by atoms with Gasteiger partial charge in [-0.25, -0.2) is 28.5 Å². The first-order valence-electron chi connectivity index (χ1n) is 11.6. The summed E-state index contributed by atoms with van der Waals surface area (Å²) in [6, 6.07) is 2.93. The first-order chi connectivity index (χ1) is 17.5. The first-order valence-corrected chi connectivity index (χ1v) is 13.9. The molecule has 3 aromatic rings. The van der Waals surface area contributed by atoms with Crippen LogP contribution in [0.5, 0.6) is 0 Å². The molecule has 11 nitrogen and oxygen atoms in total. The fourth-order valence-corrected chi connectivity index (χ4v) is 6.32. The highest BCUT2D eigenvalue weighted by atomic mass is 32.2. The number of amides is 1. The van der Waals surface area contributed by atoms with E-state index in [-0.39, 0.29) is 21.9 Å². The number of hydrogen-bond acceptors (Lipinski definition) is 8. The Balaban J connectivity index is 1.57. The van der Waals surface area contributed by atoms with Crippen LogP contribution in [0.15, 0.2) is 23.2 Å². The first kappa shape index (κ1) is 25.4. The van der Waals surface area contributed by atoms with Gasteiger partial charge in [-0.05, 0) is 12.1 Å². The number of anilines is 1. The van der Waals surface area contributed by atoms with Crippen LogP contribution in [0.25, 0.3) is 20.9 Å². The molecule has 37 heavy (non-hydrogen) atoms. The highest BCUT2D eigenvalue weighted by Gasteiger charge is 2.54. The summed E-state index contributed by atoms with van der Waals surface area (Å²) in [5, 5.41) is 11.8. The number of aromatic nitrogens is 4. The van der Waals surface area contributed by atoms with Crippen molar-refractivity contribution >= 4 is 43.9 Å². The average molecular weight is 551 g/mol. The third-order valence-corrected chi connectivity index (χ3v) is 8.85. The molecule has 1 amide bonds. The van der Waals surface area contributed by atoms with E-state index in [1.54, 1.807) is 4.90 Å². The van der Waals surface area contributed by atoms with Crippen LogP contribution in [-0.4, -0.2) is 71.0 Å². The zero-order valence-electron chi connectivity index (χ0n) is 20.1. The molecule has 196 valence electrons. The molecule has 5 rings (SSSR count). The van der Waals surface area contributed by atoms with Crippen LogP contribution in [0.1, 0.15) is 38.1 Å². The van der Waals surface area contributed by atoms with Crippen molar-refractivity contribution in [2.45, 2.75) is 43.7 Å². The Morgan fingerprint density at radius 3 is 2.46 bits per heavy atom. The van der Waals surface area contributed by atoms with E-state index < -0.39 is 27.1 Å². The van der Waals surface area contributed by atoms with Crippen molar-refractivity contribution in [1.29, 1.82) is 0 Å². The number of nitrogens with one attached hydrogen (secondary N) is 1. The molecule has 15 heteroatoms. The molecule has 1 saturated heterocycles. The zero-order chi connectivity index (χ0) is 26.5. The molecule has 1 aromatic carbocycles. The molecular weight excluding hydrogens is 526 g/mol. The fraction of sp³-hybridized carbons (Fsp3) is 0.500. The largest absolute Gasteiger partial charge is 0.367 e. The molecule has 3 heterocycles. The van der Waals surface area contributed by atoms with Gasteiger partial charge in [-0.2, -0.15) is 5.10 Å². The summed E-state index contributed by atoms with van der Waals surface area (Å²) in [6.45, 7) is 12.9. The highest BCUT2D eigenvalue weighted by molar-refractivity contribution is 7.89. The van der Waals surface area contributed by atoms with Gasteiger partial charge in [0, 0.05) is 43.2 Å². The molecule has 0 spiro atoms. The fourth-order valence-electron chi connectivity index (χ4n) is 4.25. The van der Waals surface area contributed by atoms with Gasteiger partial charge in [-0.15, -0.1) is 14.9 Å². The van der Waals surface area contributed by atoms with E-state index in [4.69, 9.17) is 6.57 Å². The number of fused-ring (bicyclic) bond motifs is 1. The molecule has 1 aliphatic carbocycles. The Bertz CT molecular complexity index is 1500. The van der Waals surface area contributed by atoms with E-state index in [9.17, 15) is 22.0 Å². The normalized spacial score (nSPS) is 17.5. The van der Waals surface area contributed by atoms with Crippen LogP contribution in [0.3, 0.4) is 0 Å². The summed E-state index contributed by atoms with van der Waals surface area (Å²) in [5.41, 5.74) is -0.210. The molecule has 2 aliphatic rings. The van der Waals surface area contributed by atoms with Gasteiger partial charge in [0.2, 0.25) is 21.1 Å². The minimum absolute atomic E-state index is 0.0538. The molecule has 0 bridgehead atoms. The number of halogens is 2. The van der Waals surface area contributed by atoms with E-state index in [0.717, 1.165) is 0 Å². The number of alkyl halides is 2. The molecular formula is C22H24F2N8O3S2. The summed E-state index contributed by atoms with van der Waals surface area (Å²) in [4.78, 5) is 19.6. The number of benzene rings is 1. The van der Waals surface area contributed by atoms with E-state index in [1.807, 2.05) is 18.7 Å². The number of carbonyl (C=O) groups excluding carboxylic acids is 1. The molecule has 0 atom stereocenters. The predicted molar refractivity (Wildman–Crippen MR) is 132 cm³/mol. The monoisotopic (exact) mass is 550 g/mol. The summed E-state index contributed by atoms with van der Waals surface area (Å²) in [5.74, 6) is -0.0728. The third kappa shape index (κ3) is 4.76. The van der Waals surface area contributed by atoms with Gasteiger partial charge in [0.25, 0.3) is 12.1 Å². The summed E-state index contributed by atoms with van der Waals surface area (Å²) in [7, 11) is -4.09. The predicted octanol–water partition coefficient (Wildman–Crippen LogP) is 2.81. The Kier molecular flexibility index (Phi) is 6.37. The van der Waals surface area contributed by atoms with Crippen LogP contribution in [-0.2, 0) is 14.8 Å². The zero-order valence-corrected chi connectivity index (χ0v) is 21.7. The number of hydrogen-bond donors (Lipinski definition) is 1. The van der Waals surface area contributed by atoms with Gasteiger partial charge in [-0.1, -0.05) is 25.2 Å². The lowest BCUT2D eigenvalue weighted by molar-refractivity contribution is -0.134. The van der Waals surface area contributed by atoms with Crippen LogP contribution in [0.4, 0.5) is 14.5 Å². The quantitative estimate of drug-likeness (QED) is 0.450. The molecule has 1 N–H and O–H groups in total. The minimum Gasteiger partial charge on any atom is -0.367 e. The minimum atomic E-state index is -4.09. The van der Waals surface area contributed by atoms with Crippen molar-refractivity contribution in [2.75, 3.05) is 31.1 Å². The van der Waals surface area contributed by atoms with Gasteiger partial charge in [0.05, 0.1) is 29.5 Å². The van der Waals surface area contributed by atoms with E-state index >= 15 is 0 Å². The second-order valence-corrected chi connectivity index (χ2v) is 12.0. The maximum atomic E-state index is 13.3. The van der Waals surface area contributed by atoms with Gasteiger partial charge in [-0.3, -0.25) is 9.64 Å². The SMILES string of the molecule is [C-]#[N+]C1(NS(=O)(=O)c2cc(N3CCN(C(=O)C(C)C)CC3)c3cnn(-c4nnc(C(F)F)s4)c3c2)CC1. The number of piperazine rings is 1. The third-order valence-electron chi connectivity index (χ3n) is 6.44. The van der Waals surface area contributed by atoms with Crippen molar-refractivity contribution in [1.82, 2.24) is 29.6 Å². The number of carbonyl (C=O) groups is 1. The van der Waals surface area contributed by atoms with Crippen molar-refractivity contribution in [2.24, 2.45) is 5.92 Å². The molecule has 1 saturated carbocycles. The Morgan fingerprint density at radius 2 is 1.89 bits per heavy atom. The van der Waals surface area contributed by atoms with Crippen LogP contribution < -0.4 is 9.62 Å². The van der Waals surface area contributed by atoms with Crippen LogP contribution in [0.2, 0.25) is 0 Å². The lowest BCUT2D eigenvalue weighted by atomic mass is 10.1. The number of rotatable bonds is 7. The van der Waals surface area contributed by atoms with Gasteiger partial charge in [0.1, 0.15) is 0 Å². The summed E-state index contributed by atoms with van der Waals surface area (Å²) >= 11 is 0.664. The highest BCUT2D eigenvalue weighted by Crippen LogP contribution is 2.39. The number of nitrogens with zero attached hydrogens (tertiary/aromatic N) is 7. The van der Waals surface area contributed by atoms with E-state index in [2.05, 4.69) is 24.9 Å².